The number of halogens is 1. The summed E-state index contributed by atoms with van der Waals surface area (Å²) in [6.45, 7) is 2.56. The molecular formula is C20H23FN4O2S. The normalized spacial score (nSPS) is 13.0. The lowest BCUT2D eigenvalue weighted by atomic mass is 10.2. The second kappa shape index (κ2) is 8.20. The van der Waals surface area contributed by atoms with Gasteiger partial charge in [-0.25, -0.2) is 17.8 Å². The summed E-state index contributed by atoms with van der Waals surface area (Å²) in [7, 11) is -1.62. The van der Waals surface area contributed by atoms with Gasteiger partial charge in [-0.3, -0.25) is 9.88 Å². The average molecular weight is 402 g/mol. The molecule has 28 heavy (non-hydrogen) atoms. The molecule has 2 heterocycles. The number of nitrogens with zero attached hydrogens (tertiary/aromatic N) is 4. The fraction of sp³-hybridized carbons (Fsp3) is 0.300. The zero-order valence-electron chi connectivity index (χ0n) is 16.1. The number of imidazole rings is 1. The van der Waals surface area contributed by atoms with Gasteiger partial charge < -0.3 is 4.57 Å². The van der Waals surface area contributed by atoms with Crippen LogP contribution in [0.25, 0.3) is 0 Å². The number of hydrogen-bond donors (Lipinski definition) is 0. The van der Waals surface area contributed by atoms with E-state index in [1.54, 1.807) is 35.2 Å². The van der Waals surface area contributed by atoms with Crippen LogP contribution < -0.4 is 0 Å². The molecule has 0 saturated carbocycles. The minimum absolute atomic E-state index is 0.0136. The van der Waals surface area contributed by atoms with Crippen molar-refractivity contribution in [2.24, 2.45) is 0 Å². The van der Waals surface area contributed by atoms with Crippen molar-refractivity contribution in [2.75, 3.05) is 13.3 Å². The van der Waals surface area contributed by atoms with Crippen molar-refractivity contribution in [3.8, 4) is 0 Å². The van der Waals surface area contributed by atoms with E-state index in [1.807, 2.05) is 37.1 Å². The van der Waals surface area contributed by atoms with E-state index in [2.05, 4.69) is 9.97 Å². The van der Waals surface area contributed by atoms with Gasteiger partial charge >= 0.3 is 0 Å². The van der Waals surface area contributed by atoms with E-state index in [4.69, 9.17) is 0 Å². The third kappa shape index (κ3) is 4.45. The fourth-order valence-electron chi connectivity index (χ4n) is 3.02. The highest BCUT2D eigenvalue weighted by Gasteiger charge is 2.22. The number of rotatable bonds is 7. The Morgan fingerprint density at radius 2 is 1.86 bits per heavy atom. The highest BCUT2D eigenvalue weighted by molar-refractivity contribution is 7.90. The number of pyridine rings is 1. The van der Waals surface area contributed by atoms with Gasteiger partial charge in [0, 0.05) is 30.6 Å². The predicted molar refractivity (Wildman–Crippen MR) is 105 cm³/mol. The smallest absolute Gasteiger partial charge is 0.227 e. The van der Waals surface area contributed by atoms with Gasteiger partial charge in [-0.1, -0.05) is 24.3 Å². The molecule has 0 saturated heterocycles. The summed E-state index contributed by atoms with van der Waals surface area (Å²) in [4.78, 5) is 10.5. The van der Waals surface area contributed by atoms with E-state index in [1.165, 1.54) is 6.07 Å². The lowest BCUT2D eigenvalue weighted by Gasteiger charge is -2.25. The Morgan fingerprint density at radius 3 is 2.50 bits per heavy atom. The van der Waals surface area contributed by atoms with Crippen LogP contribution in [0.2, 0.25) is 0 Å². The van der Waals surface area contributed by atoms with Crippen molar-refractivity contribution in [1.29, 1.82) is 0 Å². The number of sulfone groups is 1. The van der Waals surface area contributed by atoms with Crippen molar-refractivity contribution in [3.63, 3.8) is 0 Å². The van der Waals surface area contributed by atoms with Crippen LogP contribution in [0.5, 0.6) is 0 Å². The van der Waals surface area contributed by atoms with Gasteiger partial charge in [0.25, 0.3) is 0 Å². The van der Waals surface area contributed by atoms with E-state index < -0.39 is 9.84 Å². The molecular weight excluding hydrogens is 379 g/mol. The Hall–Kier alpha value is -2.58. The number of benzene rings is 1. The zero-order valence-corrected chi connectivity index (χ0v) is 16.9. The van der Waals surface area contributed by atoms with E-state index in [-0.39, 0.29) is 23.6 Å². The lowest BCUT2D eigenvalue weighted by molar-refractivity contribution is 0.242. The topological polar surface area (TPSA) is 68.1 Å². The van der Waals surface area contributed by atoms with Crippen LogP contribution in [-0.4, -0.2) is 41.2 Å². The number of aromatic nitrogens is 3. The van der Waals surface area contributed by atoms with Crippen molar-refractivity contribution < 1.29 is 12.8 Å². The third-order valence-corrected chi connectivity index (χ3v) is 5.70. The quantitative estimate of drug-likeness (QED) is 0.608. The molecule has 3 aromatic rings. The van der Waals surface area contributed by atoms with Gasteiger partial charge in [0.05, 0.1) is 24.1 Å². The van der Waals surface area contributed by atoms with Crippen molar-refractivity contribution in [3.05, 3.63) is 77.6 Å². The van der Waals surface area contributed by atoms with Crippen LogP contribution in [-0.2, 0) is 22.9 Å². The fourth-order valence-corrected chi connectivity index (χ4v) is 3.85. The Balaban J connectivity index is 1.93. The molecule has 0 aliphatic rings. The highest BCUT2D eigenvalue weighted by atomic mass is 32.2. The van der Waals surface area contributed by atoms with E-state index in [0.29, 0.717) is 17.8 Å². The molecule has 0 aliphatic heterocycles. The second-order valence-electron chi connectivity index (χ2n) is 6.83. The Kier molecular flexibility index (Phi) is 5.90. The third-order valence-electron chi connectivity index (χ3n) is 4.71. The van der Waals surface area contributed by atoms with E-state index in [0.717, 1.165) is 11.9 Å². The number of hydrogen-bond acceptors (Lipinski definition) is 5. The maximum atomic E-state index is 14.2. The molecule has 0 N–H and O–H groups in total. The Bertz CT molecular complexity index is 1050. The van der Waals surface area contributed by atoms with Crippen LogP contribution in [0, 0.1) is 5.82 Å². The molecule has 0 fully saturated rings. The molecule has 1 aromatic carbocycles. The van der Waals surface area contributed by atoms with Crippen molar-refractivity contribution in [2.45, 2.75) is 31.2 Å². The molecule has 8 heteroatoms. The molecule has 6 nitrogen and oxygen atoms in total. The van der Waals surface area contributed by atoms with Gasteiger partial charge in [0.1, 0.15) is 5.82 Å². The van der Waals surface area contributed by atoms with Crippen LogP contribution in [0.15, 0.2) is 60.0 Å². The molecule has 0 bridgehead atoms. The summed E-state index contributed by atoms with van der Waals surface area (Å²) in [5.74, 6) is -0.378. The molecule has 0 spiro atoms. The Morgan fingerprint density at radius 1 is 1.14 bits per heavy atom. The molecule has 0 amide bonds. The summed E-state index contributed by atoms with van der Waals surface area (Å²) in [6.07, 6.45) is 4.39. The van der Waals surface area contributed by atoms with E-state index in [9.17, 15) is 12.8 Å². The lowest BCUT2D eigenvalue weighted by Crippen LogP contribution is -2.25. The van der Waals surface area contributed by atoms with Crippen LogP contribution >= 0.6 is 0 Å². The summed E-state index contributed by atoms with van der Waals surface area (Å²) in [5, 5.41) is -0.0651. The molecule has 3 rings (SSSR count). The molecule has 2 aromatic heterocycles. The SMILES string of the molecule is C[C@@H](c1ccccn1)N(C)Cc1cnc(S(C)(=O)=O)n1Cc1ccccc1F. The van der Waals surface area contributed by atoms with Gasteiger partial charge in [-0.05, 0) is 32.2 Å². The van der Waals surface area contributed by atoms with Gasteiger partial charge in [0.2, 0.25) is 15.0 Å². The highest BCUT2D eigenvalue weighted by Crippen LogP contribution is 2.22. The summed E-state index contributed by atoms with van der Waals surface area (Å²) >= 11 is 0. The monoisotopic (exact) mass is 402 g/mol. The van der Waals surface area contributed by atoms with Gasteiger partial charge in [-0.2, -0.15) is 0 Å². The molecule has 0 unspecified atom stereocenters. The van der Waals surface area contributed by atoms with Crippen molar-refractivity contribution >= 4 is 9.84 Å². The minimum Gasteiger partial charge on any atom is -0.313 e. The van der Waals surface area contributed by atoms with Crippen molar-refractivity contribution in [1.82, 2.24) is 19.4 Å². The van der Waals surface area contributed by atoms with E-state index >= 15 is 0 Å². The van der Waals surface area contributed by atoms with Crippen LogP contribution in [0.3, 0.4) is 0 Å². The maximum absolute atomic E-state index is 14.2. The molecule has 0 aliphatic carbocycles. The molecule has 0 radical (unpaired) electrons. The average Bonchev–Trinajstić information content (AvgIpc) is 3.06. The van der Waals surface area contributed by atoms with Gasteiger partial charge in [0.15, 0.2) is 0 Å². The minimum atomic E-state index is -3.56. The summed E-state index contributed by atoms with van der Waals surface area (Å²) in [5.41, 5.74) is 2.01. The van der Waals surface area contributed by atoms with Gasteiger partial charge in [-0.15, -0.1) is 0 Å². The van der Waals surface area contributed by atoms with Crippen LogP contribution in [0.4, 0.5) is 4.39 Å². The maximum Gasteiger partial charge on any atom is 0.227 e. The first-order valence-corrected chi connectivity index (χ1v) is 10.8. The standard InChI is InChI=1S/C20H23FN4O2S/c1-15(19-10-6-7-11-22-19)24(2)14-17-12-23-20(28(3,26)27)25(17)13-16-8-4-5-9-18(16)21/h4-12,15H,13-14H2,1-3H3/t15-/m0/s1. The van der Waals surface area contributed by atoms with Crippen LogP contribution in [0.1, 0.15) is 29.9 Å². The first-order chi connectivity index (χ1) is 13.3. The first kappa shape index (κ1) is 20.2. The predicted octanol–water partition coefficient (Wildman–Crippen LogP) is 3.06. The first-order valence-electron chi connectivity index (χ1n) is 8.86. The summed E-state index contributed by atoms with van der Waals surface area (Å²) in [6, 6.07) is 12.1. The largest absolute Gasteiger partial charge is 0.313 e. The Labute approximate surface area is 164 Å². The summed E-state index contributed by atoms with van der Waals surface area (Å²) < 4.78 is 40.1. The molecule has 148 valence electrons. The molecule has 1 atom stereocenters. The second-order valence-corrected chi connectivity index (χ2v) is 8.74. The zero-order chi connectivity index (χ0) is 20.3.